The van der Waals surface area contributed by atoms with E-state index in [-0.39, 0.29) is 16.6 Å². The molecule has 8 heteroatoms. The lowest BCUT2D eigenvalue weighted by molar-refractivity contribution is -0.117. The minimum Gasteiger partial charge on any atom is -0.371 e. The van der Waals surface area contributed by atoms with Crippen molar-refractivity contribution in [3.63, 3.8) is 0 Å². The first kappa shape index (κ1) is 21.4. The highest BCUT2D eigenvalue weighted by Gasteiger charge is 2.32. The van der Waals surface area contributed by atoms with E-state index >= 15 is 0 Å². The highest BCUT2D eigenvalue weighted by molar-refractivity contribution is 7.90. The van der Waals surface area contributed by atoms with Crippen molar-refractivity contribution >= 4 is 33.1 Å². The van der Waals surface area contributed by atoms with Gasteiger partial charge in [0.2, 0.25) is 5.91 Å². The van der Waals surface area contributed by atoms with Crippen molar-refractivity contribution in [2.45, 2.75) is 50.5 Å². The molecule has 2 aromatic carbocycles. The predicted octanol–water partition coefficient (Wildman–Crippen LogP) is 3.31. The molecular weight excluding hydrogens is 412 g/mol. The number of carbonyl (C=O) groups is 1. The predicted molar refractivity (Wildman–Crippen MR) is 123 cm³/mol. The summed E-state index contributed by atoms with van der Waals surface area (Å²) in [6.45, 7) is 6.10. The average molecular weight is 441 g/mol. The van der Waals surface area contributed by atoms with E-state index in [0.717, 1.165) is 43.7 Å². The Morgan fingerprint density at radius 1 is 1.23 bits per heavy atom. The van der Waals surface area contributed by atoms with Crippen LogP contribution in [0, 0.1) is 0 Å². The molecule has 1 unspecified atom stereocenters. The third-order valence-electron chi connectivity index (χ3n) is 5.81. The van der Waals surface area contributed by atoms with Crippen molar-refractivity contribution in [1.29, 1.82) is 0 Å². The van der Waals surface area contributed by atoms with Crippen molar-refractivity contribution in [1.82, 2.24) is 4.72 Å². The maximum atomic E-state index is 13.1. The van der Waals surface area contributed by atoms with Gasteiger partial charge in [0.05, 0.1) is 4.90 Å². The number of nitrogens with zero attached hydrogens (tertiary/aromatic N) is 2. The number of carbonyl (C=O) groups excluding carboxylic acids is 1. The molecule has 0 aromatic heterocycles. The SMILES string of the molecule is CCCCC(N=C1NS(=O)(=O)c2ccccc21)C(=O)Nc1ccc2c(c1)N(CC)CC2. The van der Waals surface area contributed by atoms with Crippen LogP contribution in [0.5, 0.6) is 0 Å². The number of fused-ring (bicyclic) bond motifs is 2. The van der Waals surface area contributed by atoms with Crippen LogP contribution >= 0.6 is 0 Å². The molecule has 0 fully saturated rings. The quantitative estimate of drug-likeness (QED) is 0.691. The van der Waals surface area contributed by atoms with Crippen LogP contribution in [0.15, 0.2) is 52.4 Å². The van der Waals surface area contributed by atoms with Gasteiger partial charge in [-0.15, -0.1) is 0 Å². The summed E-state index contributed by atoms with van der Waals surface area (Å²) < 4.78 is 27.3. The number of amidine groups is 1. The summed E-state index contributed by atoms with van der Waals surface area (Å²) in [4.78, 5) is 20.2. The molecule has 0 spiro atoms. The maximum Gasteiger partial charge on any atom is 0.263 e. The Hall–Kier alpha value is -2.87. The van der Waals surface area contributed by atoms with Crippen LogP contribution in [0.2, 0.25) is 0 Å². The first-order chi connectivity index (χ1) is 14.9. The van der Waals surface area contributed by atoms with E-state index < -0.39 is 16.1 Å². The van der Waals surface area contributed by atoms with Gasteiger partial charge in [-0.25, -0.2) is 8.42 Å². The molecule has 4 rings (SSSR count). The molecule has 0 saturated carbocycles. The summed E-state index contributed by atoms with van der Waals surface area (Å²) in [6.07, 6.45) is 3.30. The fourth-order valence-corrected chi connectivity index (χ4v) is 5.35. The van der Waals surface area contributed by atoms with Crippen LogP contribution in [0.1, 0.15) is 44.2 Å². The largest absolute Gasteiger partial charge is 0.371 e. The summed E-state index contributed by atoms with van der Waals surface area (Å²) in [7, 11) is -3.64. The molecule has 2 heterocycles. The number of sulfonamides is 1. The van der Waals surface area contributed by atoms with Crippen molar-refractivity contribution in [2.24, 2.45) is 4.99 Å². The van der Waals surface area contributed by atoms with Crippen LogP contribution < -0.4 is 14.9 Å². The number of amides is 1. The number of likely N-dealkylation sites (N-methyl/N-ethyl adjacent to an activating group) is 1. The Morgan fingerprint density at radius 2 is 2.03 bits per heavy atom. The van der Waals surface area contributed by atoms with Crippen LogP contribution in [0.25, 0.3) is 0 Å². The molecule has 2 aliphatic heterocycles. The van der Waals surface area contributed by atoms with E-state index in [4.69, 9.17) is 0 Å². The fourth-order valence-electron chi connectivity index (χ4n) is 4.11. The fraction of sp³-hybridized carbons (Fsp3) is 0.391. The molecule has 1 atom stereocenters. The zero-order chi connectivity index (χ0) is 22.0. The van der Waals surface area contributed by atoms with Gasteiger partial charge in [-0.2, -0.15) is 0 Å². The maximum absolute atomic E-state index is 13.1. The Bertz CT molecular complexity index is 1130. The van der Waals surface area contributed by atoms with E-state index in [9.17, 15) is 13.2 Å². The van der Waals surface area contributed by atoms with Gasteiger partial charge in [0.15, 0.2) is 0 Å². The monoisotopic (exact) mass is 440 g/mol. The zero-order valence-electron chi connectivity index (χ0n) is 17.9. The third kappa shape index (κ3) is 4.30. The summed E-state index contributed by atoms with van der Waals surface area (Å²) in [5, 5.41) is 2.99. The number of aliphatic imine (C=N–C) groups is 1. The van der Waals surface area contributed by atoms with Crippen LogP contribution in [-0.2, 0) is 21.2 Å². The van der Waals surface area contributed by atoms with E-state index in [1.165, 1.54) is 5.56 Å². The summed E-state index contributed by atoms with van der Waals surface area (Å²) in [6, 6.07) is 12.0. The second kappa shape index (κ2) is 8.70. The van der Waals surface area contributed by atoms with Gasteiger partial charge in [-0.05, 0) is 49.6 Å². The van der Waals surface area contributed by atoms with E-state index in [2.05, 4.69) is 39.8 Å². The molecule has 7 nitrogen and oxygen atoms in total. The smallest absolute Gasteiger partial charge is 0.263 e. The molecule has 0 saturated heterocycles. The lowest BCUT2D eigenvalue weighted by Crippen LogP contribution is -2.31. The van der Waals surface area contributed by atoms with Crippen LogP contribution in [-0.4, -0.2) is 39.3 Å². The first-order valence-corrected chi connectivity index (χ1v) is 12.3. The molecule has 2 N–H and O–H groups in total. The number of unbranched alkanes of at least 4 members (excludes halogenated alkanes) is 1. The molecule has 1 amide bonds. The third-order valence-corrected chi connectivity index (χ3v) is 7.20. The Labute approximate surface area is 183 Å². The van der Waals surface area contributed by atoms with Gasteiger partial charge < -0.3 is 10.2 Å². The number of benzene rings is 2. The van der Waals surface area contributed by atoms with Gasteiger partial charge in [0, 0.05) is 30.0 Å². The molecule has 0 bridgehead atoms. The van der Waals surface area contributed by atoms with Crippen LogP contribution in [0.4, 0.5) is 11.4 Å². The molecule has 164 valence electrons. The highest BCUT2D eigenvalue weighted by atomic mass is 32.2. The molecule has 31 heavy (non-hydrogen) atoms. The molecule has 0 aliphatic carbocycles. The highest BCUT2D eigenvalue weighted by Crippen LogP contribution is 2.31. The number of nitrogens with one attached hydrogen (secondary N) is 2. The average Bonchev–Trinajstić information content (AvgIpc) is 3.28. The van der Waals surface area contributed by atoms with Gasteiger partial charge >= 0.3 is 0 Å². The van der Waals surface area contributed by atoms with Crippen molar-refractivity contribution < 1.29 is 13.2 Å². The van der Waals surface area contributed by atoms with Gasteiger partial charge in [-0.3, -0.25) is 14.5 Å². The Kier molecular flexibility index (Phi) is 6.00. The Balaban J connectivity index is 1.59. The second-order valence-electron chi connectivity index (χ2n) is 7.90. The lowest BCUT2D eigenvalue weighted by Gasteiger charge is -2.18. The Morgan fingerprint density at radius 3 is 2.81 bits per heavy atom. The van der Waals surface area contributed by atoms with Gasteiger partial charge in [-0.1, -0.05) is 38.0 Å². The minimum absolute atomic E-state index is 0.196. The normalized spacial score (nSPS) is 18.4. The van der Waals surface area contributed by atoms with E-state index in [1.807, 2.05) is 12.1 Å². The minimum atomic E-state index is -3.64. The standard InChI is InChI=1S/C23H28N4O3S/c1-3-5-9-19(25-22-18-8-6-7-10-21(18)31(29,30)26-22)23(28)24-17-12-11-16-13-14-27(4-2)20(16)15-17/h6-8,10-12,15,19H,3-5,9,13-14H2,1-2H3,(H,24,28)(H,25,26). The van der Waals surface area contributed by atoms with Crippen molar-refractivity contribution in [2.75, 3.05) is 23.3 Å². The molecule has 2 aromatic rings. The number of hydrogen-bond donors (Lipinski definition) is 2. The van der Waals surface area contributed by atoms with E-state index in [0.29, 0.717) is 12.0 Å². The van der Waals surface area contributed by atoms with Crippen molar-refractivity contribution in [3.8, 4) is 0 Å². The summed E-state index contributed by atoms with van der Waals surface area (Å²) >= 11 is 0. The van der Waals surface area contributed by atoms with Gasteiger partial charge in [0.1, 0.15) is 11.9 Å². The number of hydrogen-bond acceptors (Lipinski definition) is 5. The number of rotatable bonds is 7. The first-order valence-electron chi connectivity index (χ1n) is 10.8. The molecule has 2 aliphatic rings. The van der Waals surface area contributed by atoms with Gasteiger partial charge in [0.25, 0.3) is 10.0 Å². The topological polar surface area (TPSA) is 90.9 Å². The molecule has 0 radical (unpaired) electrons. The lowest BCUT2D eigenvalue weighted by atomic mass is 10.1. The van der Waals surface area contributed by atoms with Crippen molar-refractivity contribution in [3.05, 3.63) is 53.6 Å². The van der Waals surface area contributed by atoms with Crippen LogP contribution in [0.3, 0.4) is 0 Å². The second-order valence-corrected chi connectivity index (χ2v) is 9.55. The summed E-state index contributed by atoms with van der Waals surface area (Å²) in [5.41, 5.74) is 3.69. The number of anilines is 2. The molecular formula is C23H28N4O3S. The van der Waals surface area contributed by atoms with E-state index in [1.54, 1.807) is 24.3 Å². The zero-order valence-corrected chi connectivity index (χ0v) is 18.7. The summed E-state index contributed by atoms with van der Waals surface area (Å²) in [5.74, 6) is 0.00323.